The van der Waals surface area contributed by atoms with Crippen molar-refractivity contribution in [3.05, 3.63) is 11.3 Å². The molecule has 1 aliphatic rings. The third-order valence-electron chi connectivity index (χ3n) is 2.92. The van der Waals surface area contributed by atoms with Gasteiger partial charge >= 0.3 is 116 Å². The summed E-state index contributed by atoms with van der Waals surface area (Å²) in [6.07, 6.45) is 0. The SMILES string of the molecule is COC(=O)C1=C(C(=O)OC)[C]([Hg][CH3])(C(C)=O)[NH+]=N1. The van der Waals surface area contributed by atoms with Crippen LogP contribution in [0.4, 0.5) is 0 Å². The normalized spacial score (nSPS) is 21.6. The summed E-state index contributed by atoms with van der Waals surface area (Å²) in [5.41, 5.74) is -0.171. The molecule has 0 radical (unpaired) electrons. The first-order chi connectivity index (χ1) is 8.44. The zero-order chi connectivity index (χ0) is 13.9. The number of Topliss-reactive ketones (excluding diaryl/α,β-unsaturated/α-hetero) is 1. The first-order valence-corrected chi connectivity index (χ1v) is 13.6. The Morgan fingerprint density at radius 1 is 1.22 bits per heavy atom. The van der Waals surface area contributed by atoms with Gasteiger partial charge in [0.2, 0.25) is 0 Å². The molecule has 0 aromatic rings. The number of esters is 2. The van der Waals surface area contributed by atoms with Gasteiger partial charge in [-0.1, -0.05) is 0 Å². The number of hydrogen-bond acceptors (Lipinski definition) is 6. The molecule has 1 aliphatic heterocycles. The predicted molar refractivity (Wildman–Crippen MR) is 53.7 cm³/mol. The van der Waals surface area contributed by atoms with Gasteiger partial charge in [-0.05, 0) is 0 Å². The summed E-state index contributed by atoms with van der Waals surface area (Å²) >= 11 is -1.85. The molecule has 0 fully saturated rings. The van der Waals surface area contributed by atoms with Crippen molar-refractivity contribution >= 4 is 17.7 Å². The van der Waals surface area contributed by atoms with Crippen LogP contribution < -0.4 is 5.11 Å². The topological polar surface area (TPSA) is 96.0 Å². The van der Waals surface area contributed by atoms with E-state index in [1.165, 1.54) is 21.1 Å². The zero-order valence-electron chi connectivity index (χ0n) is 10.7. The van der Waals surface area contributed by atoms with Crippen molar-refractivity contribution in [2.45, 2.75) is 14.4 Å². The van der Waals surface area contributed by atoms with E-state index in [4.69, 9.17) is 0 Å². The number of hydrogen-bond donors (Lipinski definition) is 1. The minimum atomic E-state index is -1.85. The third-order valence-corrected chi connectivity index (χ3v) is 11.0. The molecule has 0 spiro atoms. The fourth-order valence-corrected chi connectivity index (χ4v) is 7.29. The number of methoxy groups -OCH3 is 2. The molecule has 1 unspecified atom stereocenters. The van der Waals surface area contributed by atoms with Crippen molar-refractivity contribution in [3.8, 4) is 0 Å². The quantitative estimate of drug-likeness (QED) is 0.425. The maximum absolute atomic E-state index is 11.8. The van der Waals surface area contributed by atoms with Crippen molar-refractivity contribution in [1.82, 2.24) is 0 Å². The first-order valence-electron chi connectivity index (χ1n) is 5.34. The second-order valence-corrected chi connectivity index (χ2v) is 10.6. The van der Waals surface area contributed by atoms with Gasteiger partial charge in [-0.3, -0.25) is 0 Å². The number of ether oxygens (including phenoxy) is 2. The van der Waals surface area contributed by atoms with E-state index in [1.807, 2.05) is 4.43 Å². The number of carbonyl (C=O) groups is 3. The third kappa shape index (κ3) is 2.23. The Bertz CT molecular complexity index is 471. The van der Waals surface area contributed by atoms with Crippen LogP contribution in [0.15, 0.2) is 16.4 Å². The molecule has 0 aromatic carbocycles. The van der Waals surface area contributed by atoms with Crippen molar-refractivity contribution < 1.29 is 53.5 Å². The van der Waals surface area contributed by atoms with Crippen molar-refractivity contribution in [2.75, 3.05) is 14.2 Å². The average molecular weight is 442 g/mol. The molecule has 0 amide bonds. The van der Waals surface area contributed by atoms with E-state index in [9.17, 15) is 14.4 Å². The maximum atomic E-state index is 11.8. The van der Waals surface area contributed by atoms with Crippen LogP contribution in [0.3, 0.4) is 0 Å². The molecule has 0 bridgehead atoms. The number of ketones is 1. The predicted octanol–water partition coefficient (Wildman–Crippen LogP) is -1.45. The van der Waals surface area contributed by atoms with Crippen LogP contribution in [0.1, 0.15) is 6.92 Å². The second-order valence-electron chi connectivity index (χ2n) is 3.75. The van der Waals surface area contributed by atoms with Crippen LogP contribution in [0.5, 0.6) is 0 Å². The number of azo groups is 1. The fourth-order valence-electron chi connectivity index (χ4n) is 1.84. The van der Waals surface area contributed by atoms with E-state index in [1.54, 1.807) is 0 Å². The molecule has 7 nitrogen and oxygen atoms in total. The van der Waals surface area contributed by atoms with Gasteiger partial charge in [-0.2, -0.15) is 0 Å². The minimum absolute atomic E-state index is 0.00600. The average Bonchev–Trinajstić information content (AvgIpc) is 2.77. The van der Waals surface area contributed by atoms with E-state index < -0.39 is 39.6 Å². The molecular formula is C10H13HgN2O5+. The molecule has 1 heterocycles. The molecule has 94 valence electrons. The fraction of sp³-hybridized carbons (Fsp3) is 0.500. The number of nitrogens with one attached hydrogen (secondary N) is 1. The summed E-state index contributed by atoms with van der Waals surface area (Å²) in [5, 5.41) is 6.44. The van der Waals surface area contributed by atoms with Crippen LogP contribution in [0, 0.1) is 0 Å². The van der Waals surface area contributed by atoms with Gasteiger partial charge in [0.1, 0.15) is 0 Å². The Labute approximate surface area is 116 Å². The Morgan fingerprint density at radius 2 is 1.78 bits per heavy atom. The molecule has 0 saturated heterocycles. The van der Waals surface area contributed by atoms with E-state index in [0.29, 0.717) is 0 Å². The van der Waals surface area contributed by atoms with Gasteiger partial charge < -0.3 is 0 Å². The molecule has 1 atom stereocenters. The number of rotatable bonds is 4. The molecule has 0 aromatic heterocycles. The van der Waals surface area contributed by atoms with Gasteiger partial charge in [-0.15, -0.1) is 0 Å². The van der Waals surface area contributed by atoms with Crippen LogP contribution in [-0.4, -0.2) is 35.0 Å². The number of carbonyl (C=O) groups excluding carboxylic acids is 3. The monoisotopic (exact) mass is 443 g/mol. The molecule has 18 heavy (non-hydrogen) atoms. The Morgan fingerprint density at radius 3 is 2.17 bits per heavy atom. The molecule has 1 rings (SSSR count). The summed E-state index contributed by atoms with van der Waals surface area (Å²) < 4.78 is 10.0. The van der Waals surface area contributed by atoms with E-state index in [-0.39, 0.29) is 17.1 Å². The van der Waals surface area contributed by atoms with Gasteiger partial charge in [0.05, 0.1) is 0 Å². The molecule has 0 saturated carbocycles. The molecule has 1 N–H and O–H groups in total. The van der Waals surface area contributed by atoms with Gasteiger partial charge in [0.25, 0.3) is 0 Å². The second kappa shape index (κ2) is 5.68. The Hall–Kier alpha value is -1.11. The standard InChI is InChI=1S/C9H10N2O5.CH3.Hg/c1-4(12)6-5(8(13)15-2)7(11-10-6)9(14)16-3;;/h10H,1-3H3;1H3;/q+1;;. The van der Waals surface area contributed by atoms with Crippen molar-refractivity contribution in [1.29, 1.82) is 0 Å². The van der Waals surface area contributed by atoms with Crippen LogP contribution in [0.2, 0.25) is 4.43 Å². The number of nitrogens with zero attached hydrogens (tertiary/aromatic N) is 1. The molecule has 8 heteroatoms. The summed E-state index contributed by atoms with van der Waals surface area (Å²) in [6.45, 7) is 1.37. The van der Waals surface area contributed by atoms with E-state index in [0.717, 1.165) is 0 Å². The Balaban J connectivity index is 3.46. The molecule has 0 aliphatic carbocycles. The van der Waals surface area contributed by atoms with Crippen LogP contribution >= 0.6 is 0 Å². The van der Waals surface area contributed by atoms with Gasteiger partial charge in [0, 0.05) is 0 Å². The van der Waals surface area contributed by atoms with Gasteiger partial charge in [0.15, 0.2) is 0 Å². The van der Waals surface area contributed by atoms with Crippen LogP contribution in [0.25, 0.3) is 0 Å². The summed E-state index contributed by atoms with van der Waals surface area (Å²) in [4.78, 5) is 35.2. The van der Waals surface area contributed by atoms with E-state index in [2.05, 4.69) is 19.7 Å². The van der Waals surface area contributed by atoms with Crippen LogP contribution in [-0.2, 0) is 48.4 Å². The van der Waals surface area contributed by atoms with Crippen molar-refractivity contribution in [2.24, 2.45) is 5.11 Å². The summed E-state index contributed by atoms with van der Waals surface area (Å²) in [6, 6.07) is 0. The zero-order valence-corrected chi connectivity index (χ0v) is 16.2. The van der Waals surface area contributed by atoms with E-state index >= 15 is 0 Å². The van der Waals surface area contributed by atoms with Gasteiger partial charge in [-0.25, -0.2) is 0 Å². The van der Waals surface area contributed by atoms with Crippen molar-refractivity contribution in [3.63, 3.8) is 0 Å². The molecular weight excluding hydrogens is 429 g/mol. The summed E-state index contributed by atoms with van der Waals surface area (Å²) in [5.74, 6) is -1.70. The first kappa shape index (κ1) is 14.9. The summed E-state index contributed by atoms with van der Waals surface area (Å²) in [7, 11) is 2.38. The Kier molecular flexibility index (Phi) is 4.72.